The molecule has 3 N–H and O–H groups in total. The monoisotopic (exact) mass is 406 g/mol. The van der Waals surface area contributed by atoms with Crippen molar-refractivity contribution in [3.05, 3.63) is 17.5 Å². The molecule has 1 fully saturated rings. The first kappa shape index (κ1) is 20.4. The highest BCUT2D eigenvalue weighted by molar-refractivity contribution is 6.28. The van der Waals surface area contributed by atoms with Crippen LogP contribution in [0.1, 0.15) is 39.8 Å². The molecule has 0 aliphatic carbocycles. The Balaban J connectivity index is 1.81. The fourth-order valence-corrected chi connectivity index (χ4v) is 3.33. The van der Waals surface area contributed by atoms with Gasteiger partial charge in [0.05, 0.1) is 11.8 Å². The summed E-state index contributed by atoms with van der Waals surface area (Å²) < 4.78 is 13.0. The molecule has 0 amide bonds. The number of nitrogen functional groups attached to an aromatic ring is 1. The van der Waals surface area contributed by atoms with Gasteiger partial charge in [-0.2, -0.15) is 4.98 Å². The Morgan fingerprint density at radius 2 is 2.29 bits per heavy atom. The van der Waals surface area contributed by atoms with E-state index in [2.05, 4.69) is 15.9 Å². The van der Waals surface area contributed by atoms with E-state index in [4.69, 9.17) is 33.2 Å². The number of anilines is 1. The van der Waals surface area contributed by atoms with Crippen LogP contribution in [0.2, 0.25) is 5.28 Å². The van der Waals surface area contributed by atoms with Crippen LogP contribution < -0.4 is 5.73 Å². The number of halogens is 1. The van der Waals surface area contributed by atoms with Gasteiger partial charge in [-0.1, -0.05) is 26.7 Å². The van der Waals surface area contributed by atoms with Crippen molar-refractivity contribution in [2.45, 2.75) is 51.5 Å². The predicted octanol–water partition coefficient (Wildman–Crippen LogP) is 2.30. The van der Waals surface area contributed by atoms with Crippen LogP contribution in [0.3, 0.4) is 0 Å². The van der Waals surface area contributed by atoms with Crippen LogP contribution in [0, 0.1) is 17.8 Å². The number of hydrogen-bond donors (Lipinski definition) is 2. The van der Waals surface area contributed by atoms with Gasteiger partial charge in [-0.25, -0.2) is 4.98 Å². The van der Waals surface area contributed by atoms with E-state index in [1.165, 1.54) is 0 Å². The molecule has 0 radical (unpaired) electrons. The number of hydrogen-bond acceptors (Lipinski definition) is 7. The summed E-state index contributed by atoms with van der Waals surface area (Å²) in [6.07, 6.45) is 6.11. The molecule has 3 heterocycles. The number of ether oxygens (including phenoxy) is 2. The van der Waals surface area contributed by atoms with E-state index in [0.717, 1.165) is 0 Å². The molecule has 0 unspecified atom stereocenters. The van der Waals surface area contributed by atoms with Crippen LogP contribution in [-0.2, 0) is 14.3 Å². The molecule has 0 saturated carbocycles. The van der Waals surface area contributed by atoms with Crippen LogP contribution in [0.25, 0.3) is 11.0 Å². The van der Waals surface area contributed by atoms with Gasteiger partial charge in [0.15, 0.2) is 5.60 Å². The Morgan fingerprint density at radius 1 is 1.57 bits per heavy atom. The summed E-state index contributed by atoms with van der Waals surface area (Å²) in [5, 5.41) is 11.2. The van der Waals surface area contributed by atoms with Crippen molar-refractivity contribution in [2.75, 3.05) is 12.3 Å². The number of nitrogens with two attached hydrogens (primary N) is 1. The van der Waals surface area contributed by atoms with E-state index in [1.807, 2.05) is 20.8 Å². The van der Waals surface area contributed by atoms with Gasteiger partial charge in [0.1, 0.15) is 30.4 Å². The van der Waals surface area contributed by atoms with Crippen molar-refractivity contribution in [3.8, 4) is 12.3 Å². The zero-order valence-corrected chi connectivity index (χ0v) is 16.7. The highest BCUT2D eigenvalue weighted by Crippen LogP contribution is 2.39. The maximum absolute atomic E-state index is 12.1. The normalized spacial score (nSPS) is 25.0. The van der Waals surface area contributed by atoms with Crippen LogP contribution in [-0.4, -0.2) is 43.9 Å². The number of fused-ring (bicyclic) bond motifs is 1. The fourth-order valence-electron chi connectivity index (χ4n) is 3.16. The molecule has 1 saturated heterocycles. The van der Waals surface area contributed by atoms with Gasteiger partial charge >= 0.3 is 5.97 Å². The van der Waals surface area contributed by atoms with Crippen LogP contribution >= 0.6 is 11.6 Å². The Labute approximate surface area is 168 Å². The zero-order chi connectivity index (χ0) is 20.7. The summed E-state index contributed by atoms with van der Waals surface area (Å²) in [4.78, 5) is 20.2. The number of aromatic nitrogens is 3. The Hall–Kier alpha value is -2.34. The average molecular weight is 407 g/mol. The molecule has 150 valence electrons. The van der Waals surface area contributed by atoms with Crippen molar-refractivity contribution in [1.29, 1.82) is 0 Å². The van der Waals surface area contributed by atoms with E-state index in [0.29, 0.717) is 11.0 Å². The molecule has 3 atom stereocenters. The number of terminal acetylenes is 1. The predicted molar refractivity (Wildman–Crippen MR) is 104 cm³/mol. The van der Waals surface area contributed by atoms with E-state index in [-0.39, 0.29) is 36.0 Å². The minimum absolute atomic E-state index is 0.00261. The standard InChI is InChI=1S/C19H23ClN4O4/c1-5-19(10-27-14(26)9-18(2,3)4)12(25)8-13(28-19)24-7-6-11-15(21)22-17(20)23-16(11)24/h1,6-7,12-13,25H,8-10H2,2-4H3,(H2,21,22,23)/t12-,13+,19+/m0/s1. The zero-order valence-electron chi connectivity index (χ0n) is 16.0. The van der Waals surface area contributed by atoms with Crippen LogP contribution in [0.15, 0.2) is 12.3 Å². The summed E-state index contributed by atoms with van der Waals surface area (Å²) in [6.45, 7) is 5.54. The lowest BCUT2D eigenvalue weighted by atomic mass is 9.92. The van der Waals surface area contributed by atoms with Gasteiger partial charge in [0, 0.05) is 12.6 Å². The molecule has 1 aliphatic heterocycles. The van der Waals surface area contributed by atoms with Crippen molar-refractivity contribution in [1.82, 2.24) is 14.5 Å². The van der Waals surface area contributed by atoms with Gasteiger partial charge in [-0.05, 0) is 23.1 Å². The quantitative estimate of drug-likeness (QED) is 0.455. The molecule has 9 heteroatoms. The molecule has 0 bridgehead atoms. The van der Waals surface area contributed by atoms with Crippen molar-refractivity contribution < 1.29 is 19.4 Å². The van der Waals surface area contributed by atoms with Crippen molar-refractivity contribution in [3.63, 3.8) is 0 Å². The van der Waals surface area contributed by atoms with Gasteiger partial charge < -0.3 is 24.9 Å². The second kappa shape index (κ2) is 7.24. The van der Waals surface area contributed by atoms with E-state index in [9.17, 15) is 9.90 Å². The molecule has 3 rings (SSSR count). The number of carbonyl (C=O) groups is 1. The molecule has 0 aromatic carbocycles. The molecule has 1 aliphatic rings. The van der Waals surface area contributed by atoms with Crippen molar-refractivity contribution in [2.24, 2.45) is 5.41 Å². The van der Waals surface area contributed by atoms with E-state index in [1.54, 1.807) is 16.8 Å². The number of carbonyl (C=O) groups excluding carboxylic acids is 1. The lowest BCUT2D eigenvalue weighted by Crippen LogP contribution is -2.43. The fraction of sp³-hybridized carbons (Fsp3) is 0.526. The Morgan fingerprint density at radius 3 is 2.93 bits per heavy atom. The third-order valence-corrected chi connectivity index (χ3v) is 4.73. The number of nitrogens with zero attached hydrogens (tertiary/aromatic N) is 3. The molecule has 0 spiro atoms. The number of rotatable bonds is 4. The second-order valence-electron chi connectivity index (χ2n) is 8.09. The first-order valence-corrected chi connectivity index (χ1v) is 9.21. The van der Waals surface area contributed by atoms with Gasteiger partial charge in [-0.15, -0.1) is 6.42 Å². The van der Waals surface area contributed by atoms with Crippen LogP contribution in [0.4, 0.5) is 5.82 Å². The molecule has 8 nitrogen and oxygen atoms in total. The number of esters is 1. The highest BCUT2D eigenvalue weighted by atomic mass is 35.5. The van der Waals surface area contributed by atoms with Gasteiger partial charge in [-0.3, -0.25) is 4.79 Å². The van der Waals surface area contributed by atoms with Crippen molar-refractivity contribution >= 4 is 34.4 Å². The minimum atomic E-state index is -1.45. The summed E-state index contributed by atoms with van der Waals surface area (Å²) in [5.74, 6) is 2.30. The molecular formula is C19H23ClN4O4. The maximum atomic E-state index is 12.1. The lowest BCUT2D eigenvalue weighted by molar-refractivity contribution is -0.158. The average Bonchev–Trinajstić information content (AvgIpc) is 3.13. The minimum Gasteiger partial charge on any atom is -0.461 e. The Bertz CT molecular complexity index is 946. The largest absolute Gasteiger partial charge is 0.461 e. The molecule has 28 heavy (non-hydrogen) atoms. The highest BCUT2D eigenvalue weighted by Gasteiger charge is 2.49. The summed E-state index contributed by atoms with van der Waals surface area (Å²) in [6, 6.07) is 1.73. The topological polar surface area (TPSA) is 112 Å². The maximum Gasteiger partial charge on any atom is 0.306 e. The third-order valence-electron chi connectivity index (χ3n) is 4.56. The SMILES string of the molecule is C#C[C@]1(COC(=O)CC(C)(C)C)O[C@@H](n2ccc3c(N)nc(Cl)nc32)C[C@@H]1O. The summed E-state index contributed by atoms with van der Waals surface area (Å²) in [7, 11) is 0. The summed E-state index contributed by atoms with van der Waals surface area (Å²) in [5.41, 5.74) is 4.67. The number of aliphatic hydroxyl groups is 1. The second-order valence-corrected chi connectivity index (χ2v) is 8.43. The van der Waals surface area contributed by atoms with Gasteiger partial charge in [0.25, 0.3) is 0 Å². The number of aliphatic hydroxyl groups excluding tert-OH is 1. The smallest absolute Gasteiger partial charge is 0.306 e. The van der Waals surface area contributed by atoms with Gasteiger partial charge in [0.2, 0.25) is 5.28 Å². The summed E-state index contributed by atoms with van der Waals surface area (Å²) >= 11 is 5.91. The molecular weight excluding hydrogens is 384 g/mol. The van der Waals surface area contributed by atoms with Crippen LogP contribution in [0.5, 0.6) is 0 Å². The molecule has 2 aromatic heterocycles. The Kier molecular flexibility index (Phi) is 5.28. The van der Waals surface area contributed by atoms with E-state index >= 15 is 0 Å². The third kappa shape index (κ3) is 3.92. The lowest BCUT2D eigenvalue weighted by Gasteiger charge is -2.27. The molecule has 2 aromatic rings. The van der Waals surface area contributed by atoms with E-state index < -0.39 is 23.9 Å². The first-order chi connectivity index (χ1) is 13.0. The first-order valence-electron chi connectivity index (χ1n) is 8.83.